The molecule has 25 heavy (non-hydrogen) atoms. The number of halogens is 3. The van der Waals surface area contributed by atoms with Gasteiger partial charge < -0.3 is 0 Å². The topological polar surface area (TPSA) is 82.4 Å². The summed E-state index contributed by atoms with van der Waals surface area (Å²) in [6.45, 7) is 0. The van der Waals surface area contributed by atoms with Crippen molar-refractivity contribution in [3.63, 3.8) is 0 Å². The lowest BCUT2D eigenvalue weighted by molar-refractivity contribution is -0.166. The number of H-pyrrole nitrogens is 1. The van der Waals surface area contributed by atoms with Crippen LogP contribution in [0.25, 0.3) is 16.6 Å². The number of hydrogen-bond donors (Lipinski definition) is 1. The molecule has 0 amide bonds. The second-order valence-corrected chi connectivity index (χ2v) is 5.08. The highest BCUT2D eigenvalue weighted by Crippen LogP contribution is 2.32. The van der Waals surface area contributed by atoms with Crippen LogP contribution < -0.4 is 0 Å². The largest absolute Gasteiger partial charge is 0.455 e. The van der Waals surface area contributed by atoms with Gasteiger partial charge in [0, 0.05) is 5.57 Å². The third-order valence-corrected chi connectivity index (χ3v) is 3.51. The number of alkyl halides is 3. The van der Waals surface area contributed by atoms with Gasteiger partial charge in [0.15, 0.2) is 0 Å². The molecule has 0 atom stereocenters. The number of fused-ring (bicyclic) bond motifs is 1. The zero-order chi connectivity index (χ0) is 18.0. The minimum atomic E-state index is -5.15. The van der Waals surface area contributed by atoms with Gasteiger partial charge in [-0.3, -0.25) is 4.79 Å². The SMILES string of the molecule is N#C/C(C(=O)C(F)(F)F)=C(\c1ccccc1)c1ccc2n[nH]nc2c1. The van der Waals surface area contributed by atoms with Crippen molar-refractivity contribution in [1.29, 1.82) is 5.26 Å². The van der Waals surface area contributed by atoms with Gasteiger partial charge in [0.2, 0.25) is 0 Å². The summed E-state index contributed by atoms with van der Waals surface area (Å²) in [6.07, 6.45) is -5.15. The molecule has 1 heterocycles. The molecule has 3 rings (SSSR count). The molecule has 5 nitrogen and oxygen atoms in total. The molecule has 1 aromatic heterocycles. The molecule has 2 aromatic carbocycles. The fraction of sp³-hybridized carbons (Fsp3) is 0.0588. The third-order valence-electron chi connectivity index (χ3n) is 3.51. The van der Waals surface area contributed by atoms with Gasteiger partial charge in [0.05, 0.1) is 0 Å². The van der Waals surface area contributed by atoms with Crippen molar-refractivity contribution in [1.82, 2.24) is 15.4 Å². The number of rotatable bonds is 3. The first-order valence-corrected chi connectivity index (χ1v) is 7.04. The predicted octanol–water partition coefficient (Wildman–Crippen LogP) is 3.41. The van der Waals surface area contributed by atoms with Gasteiger partial charge in [-0.25, -0.2) is 0 Å². The highest BCUT2D eigenvalue weighted by Gasteiger charge is 2.42. The van der Waals surface area contributed by atoms with Gasteiger partial charge in [-0.05, 0) is 23.3 Å². The van der Waals surface area contributed by atoms with E-state index in [4.69, 9.17) is 0 Å². The molecule has 0 fully saturated rings. The van der Waals surface area contributed by atoms with E-state index in [1.165, 1.54) is 30.3 Å². The summed E-state index contributed by atoms with van der Waals surface area (Å²) in [6, 6.07) is 13.9. The molecule has 0 unspecified atom stereocenters. The Morgan fingerprint density at radius 1 is 1.00 bits per heavy atom. The van der Waals surface area contributed by atoms with Crippen LogP contribution in [-0.2, 0) is 4.79 Å². The Hall–Kier alpha value is -3.47. The Morgan fingerprint density at radius 2 is 1.68 bits per heavy atom. The smallest absolute Gasteiger partial charge is 0.283 e. The van der Waals surface area contributed by atoms with Crippen molar-refractivity contribution in [2.75, 3.05) is 0 Å². The predicted molar refractivity (Wildman–Crippen MR) is 83.0 cm³/mol. The Labute approximate surface area is 139 Å². The maximum Gasteiger partial charge on any atom is 0.455 e. The normalized spacial score (nSPS) is 12.6. The molecule has 0 saturated carbocycles. The van der Waals surface area contributed by atoms with Crippen LogP contribution in [0.1, 0.15) is 11.1 Å². The Kier molecular flexibility index (Phi) is 4.07. The Morgan fingerprint density at radius 3 is 2.32 bits per heavy atom. The number of nitrogens with one attached hydrogen (secondary N) is 1. The maximum atomic E-state index is 12.9. The van der Waals surface area contributed by atoms with Crippen LogP contribution in [-0.4, -0.2) is 27.4 Å². The van der Waals surface area contributed by atoms with E-state index in [0.29, 0.717) is 16.6 Å². The molecular formula is C17H9F3N4O. The Bertz CT molecular complexity index is 1010. The van der Waals surface area contributed by atoms with Gasteiger partial charge in [0.1, 0.15) is 22.7 Å². The Balaban J connectivity index is 2.31. The summed E-state index contributed by atoms with van der Waals surface area (Å²) in [4.78, 5) is 11.8. The lowest BCUT2D eigenvalue weighted by Crippen LogP contribution is -2.25. The van der Waals surface area contributed by atoms with Crippen LogP contribution in [0.2, 0.25) is 0 Å². The molecular weight excluding hydrogens is 333 g/mol. The number of aromatic amines is 1. The van der Waals surface area contributed by atoms with Crippen LogP contribution in [0, 0.1) is 11.3 Å². The number of aromatic nitrogens is 3. The molecule has 0 saturated heterocycles. The summed E-state index contributed by atoms with van der Waals surface area (Å²) in [5.74, 6) is -2.19. The van der Waals surface area contributed by atoms with E-state index < -0.39 is 17.5 Å². The van der Waals surface area contributed by atoms with Crippen LogP contribution in [0.5, 0.6) is 0 Å². The van der Waals surface area contributed by atoms with Gasteiger partial charge in [-0.15, -0.1) is 0 Å². The second kappa shape index (κ2) is 6.20. The average molecular weight is 342 g/mol. The van der Waals surface area contributed by atoms with Crippen molar-refractivity contribution < 1.29 is 18.0 Å². The molecule has 0 bridgehead atoms. The molecule has 0 aliphatic rings. The van der Waals surface area contributed by atoms with E-state index >= 15 is 0 Å². The molecule has 124 valence electrons. The first kappa shape index (κ1) is 16.4. The number of carbonyl (C=O) groups excluding carboxylic acids is 1. The minimum Gasteiger partial charge on any atom is -0.283 e. The van der Waals surface area contributed by atoms with E-state index in [-0.39, 0.29) is 11.1 Å². The quantitative estimate of drug-likeness (QED) is 0.584. The van der Waals surface area contributed by atoms with Crippen LogP contribution in [0.15, 0.2) is 54.1 Å². The minimum absolute atomic E-state index is 0.102. The molecule has 0 radical (unpaired) electrons. The van der Waals surface area contributed by atoms with Crippen LogP contribution in [0.4, 0.5) is 13.2 Å². The molecule has 0 aliphatic heterocycles. The summed E-state index contributed by atoms with van der Waals surface area (Å²) in [7, 11) is 0. The van der Waals surface area contributed by atoms with Gasteiger partial charge in [-0.2, -0.15) is 33.8 Å². The van der Waals surface area contributed by atoms with Crippen LogP contribution in [0.3, 0.4) is 0 Å². The van der Waals surface area contributed by atoms with E-state index in [0.717, 1.165) is 0 Å². The number of hydrogen-bond acceptors (Lipinski definition) is 4. The number of allylic oxidation sites excluding steroid dienone is 1. The van der Waals surface area contributed by atoms with E-state index in [1.807, 2.05) is 0 Å². The number of Topliss-reactive ketones (excluding diaryl/α,β-unsaturated/α-hetero) is 1. The number of nitriles is 1. The van der Waals surface area contributed by atoms with E-state index in [2.05, 4.69) is 15.4 Å². The first-order valence-electron chi connectivity index (χ1n) is 7.04. The van der Waals surface area contributed by atoms with E-state index in [1.54, 1.807) is 24.3 Å². The van der Waals surface area contributed by atoms with Crippen molar-refractivity contribution >= 4 is 22.4 Å². The van der Waals surface area contributed by atoms with Gasteiger partial charge in [0.25, 0.3) is 5.78 Å². The van der Waals surface area contributed by atoms with Gasteiger partial charge >= 0.3 is 6.18 Å². The number of ketones is 1. The summed E-state index contributed by atoms with van der Waals surface area (Å²) < 4.78 is 38.8. The van der Waals surface area contributed by atoms with Gasteiger partial charge in [-0.1, -0.05) is 36.4 Å². The molecule has 0 spiro atoms. The molecule has 3 aromatic rings. The summed E-state index contributed by atoms with van der Waals surface area (Å²) in [5, 5.41) is 19.4. The third kappa shape index (κ3) is 3.12. The van der Waals surface area contributed by atoms with Crippen molar-refractivity contribution in [2.24, 2.45) is 0 Å². The zero-order valence-electron chi connectivity index (χ0n) is 12.5. The highest BCUT2D eigenvalue weighted by atomic mass is 19.4. The second-order valence-electron chi connectivity index (χ2n) is 5.08. The fourth-order valence-corrected chi connectivity index (χ4v) is 2.42. The van der Waals surface area contributed by atoms with Crippen molar-refractivity contribution in [2.45, 2.75) is 6.18 Å². The van der Waals surface area contributed by atoms with E-state index in [9.17, 15) is 23.2 Å². The number of benzene rings is 2. The highest BCUT2D eigenvalue weighted by molar-refractivity contribution is 6.12. The maximum absolute atomic E-state index is 12.9. The fourth-order valence-electron chi connectivity index (χ4n) is 2.42. The molecule has 1 N–H and O–H groups in total. The average Bonchev–Trinajstić information content (AvgIpc) is 3.06. The summed E-state index contributed by atoms with van der Waals surface area (Å²) in [5.41, 5.74) is 0.428. The van der Waals surface area contributed by atoms with Crippen molar-refractivity contribution in [3.8, 4) is 6.07 Å². The lowest BCUT2D eigenvalue weighted by Gasteiger charge is -2.12. The molecule has 8 heteroatoms. The number of nitrogens with zero attached hydrogens (tertiary/aromatic N) is 3. The summed E-state index contributed by atoms with van der Waals surface area (Å²) >= 11 is 0. The van der Waals surface area contributed by atoms with Crippen molar-refractivity contribution in [3.05, 3.63) is 65.2 Å². The zero-order valence-corrected chi connectivity index (χ0v) is 12.5. The monoisotopic (exact) mass is 342 g/mol. The standard InChI is InChI=1S/C17H9F3N4O/c18-17(19,20)16(25)12(9-21)15(10-4-2-1-3-5-10)11-6-7-13-14(8-11)23-24-22-13/h1-8H,(H,22,23,24)/b15-12-. The molecule has 0 aliphatic carbocycles. The van der Waals surface area contributed by atoms with Crippen LogP contribution >= 0.6 is 0 Å². The number of carbonyl (C=O) groups is 1. The first-order chi connectivity index (χ1) is 11.9. The lowest BCUT2D eigenvalue weighted by atomic mass is 9.91.